The number of fused-ring (bicyclic) bond motifs is 1. The number of pyridine rings is 1. The van der Waals surface area contributed by atoms with Gasteiger partial charge in [-0.2, -0.15) is 0 Å². The number of esters is 1. The first-order valence-corrected chi connectivity index (χ1v) is 12.8. The molecule has 2 aromatic heterocycles. The third-order valence-electron chi connectivity index (χ3n) is 6.23. The van der Waals surface area contributed by atoms with Crippen molar-refractivity contribution in [3.8, 4) is 0 Å². The number of nitrogens with zero attached hydrogens (tertiary/aromatic N) is 2. The number of carbonyl (C=O) groups excluding carboxylic acids is 3. The number of ketones is 1. The van der Waals surface area contributed by atoms with Gasteiger partial charge in [-0.05, 0) is 60.0 Å². The minimum absolute atomic E-state index is 0.0122. The van der Waals surface area contributed by atoms with E-state index in [0.29, 0.717) is 34.3 Å². The quantitative estimate of drug-likeness (QED) is 0.205. The van der Waals surface area contributed by atoms with Crippen molar-refractivity contribution in [1.82, 2.24) is 9.88 Å². The summed E-state index contributed by atoms with van der Waals surface area (Å²) < 4.78 is 11.8. The Bertz CT molecular complexity index is 1560. The molecule has 8 nitrogen and oxygen atoms in total. The standard InChI is InChI=1S/C29H23BrN2O6/c1-2-12-37-29(36)18-7-5-17(6-8-18)16-32-25(19-4-3-11-31-15-19)24(27(34)28(32)35)26(33)23-14-20-13-21(30)9-10-22(20)38-23/h3-11,13-15,25,34H,2,12,16H2,1H3. The second-order valence-electron chi connectivity index (χ2n) is 8.84. The number of rotatable bonds is 8. The molecule has 0 spiro atoms. The van der Waals surface area contributed by atoms with Crippen LogP contribution in [0.15, 0.2) is 93.3 Å². The number of hydrogen-bond donors (Lipinski definition) is 1. The van der Waals surface area contributed by atoms with E-state index in [4.69, 9.17) is 9.15 Å². The maximum Gasteiger partial charge on any atom is 0.338 e. The number of furan rings is 1. The summed E-state index contributed by atoms with van der Waals surface area (Å²) in [6, 6.07) is 16.2. The molecular formula is C29H23BrN2O6. The highest BCUT2D eigenvalue weighted by molar-refractivity contribution is 9.10. The molecule has 38 heavy (non-hydrogen) atoms. The Kier molecular flexibility index (Phi) is 7.11. The van der Waals surface area contributed by atoms with Gasteiger partial charge in [-0.25, -0.2) is 4.79 Å². The molecular weight excluding hydrogens is 552 g/mol. The van der Waals surface area contributed by atoms with Crippen LogP contribution in [0.1, 0.15) is 51.4 Å². The Morgan fingerprint density at radius 1 is 1.13 bits per heavy atom. The van der Waals surface area contributed by atoms with Gasteiger partial charge >= 0.3 is 5.97 Å². The fourth-order valence-corrected chi connectivity index (χ4v) is 4.79. The second-order valence-corrected chi connectivity index (χ2v) is 9.75. The summed E-state index contributed by atoms with van der Waals surface area (Å²) in [4.78, 5) is 44.7. The number of carbonyl (C=O) groups is 3. The van der Waals surface area contributed by atoms with Crippen LogP contribution in [0.5, 0.6) is 0 Å². The van der Waals surface area contributed by atoms with Crippen LogP contribution in [0, 0.1) is 0 Å². The molecule has 5 rings (SSSR count). The molecule has 0 radical (unpaired) electrons. The molecule has 0 aliphatic carbocycles. The number of benzene rings is 2. The monoisotopic (exact) mass is 574 g/mol. The Morgan fingerprint density at radius 2 is 1.92 bits per heavy atom. The number of aliphatic hydroxyl groups excluding tert-OH is 1. The van der Waals surface area contributed by atoms with E-state index in [2.05, 4.69) is 20.9 Å². The Balaban J connectivity index is 1.48. The fraction of sp³-hybridized carbons (Fsp3) is 0.172. The van der Waals surface area contributed by atoms with Gasteiger partial charge in [0.05, 0.1) is 23.8 Å². The van der Waals surface area contributed by atoms with Crippen LogP contribution >= 0.6 is 15.9 Å². The first kappa shape index (κ1) is 25.4. The van der Waals surface area contributed by atoms with Crippen LogP contribution in [0.4, 0.5) is 0 Å². The number of aliphatic hydroxyl groups is 1. The van der Waals surface area contributed by atoms with Crippen LogP contribution in [-0.4, -0.2) is 39.3 Å². The first-order valence-electron chi connectivity index (χ1n) is 12.0. The molecule has 1 amide bonds. The van der Waals surface area contributed by atoms with Crippen molar-refractivity contribution in [2.45, 2.75) is 25.9 Å². The predicted molar refractivity (Wildman–Crippen MR) is 142 cm³/mol. The zero-order valence-electron chi connectivity index (χ0n) is 20.4. The molecule has 9 heteroatoms. The van der Waals surface area contributed by atoms with Gasteiger partial charge in [0, 0.05) is 28.8 Å². The van der Waals surface area contributed by atoms with Gasteiger partial charge in [0.2, 0.25) is 5.78 Å². The van der Waals surface area contributed by atoms with E-state index in [1.165, 1.54) is 4.90 Å². The number of amides is 1. The largest absolute Gasteiger partial charge is 0.503 e. The molecule has 3 heterocycles. The summed E-state index contributed by atoms with van der Waals surface area (Å²) in [6.07, 6.45) is 3.86. The zero-order chi connectivity index (χ0) is 26.8. The van der Waals surface area contributed by atoms with Gasteiger partial charge < -0.3 is 19.2 Å². The number of Topliss-reactive ketones (excluding diaryl/α,β-unsaturated/α-hetero) is 1. The Hall–Kier alpha value is -4.24. The molecule has 1 atom stereocenters. The third kappa shape index (κ3) is 4.84. The predicted octanol–water partition coefficient (Wildman–Crippen LogP) is 5.94. The van der Waals surface area contributed by atoms with Crippen molar-refractivity contribution in [3.05, 3.63) is 111 Å². The van der Waals surface area contributed by atoms with E-state index in [-0.39, 0.29) is 17.9 Å². The summed E-state index contributed by atoms with van der Waals surface area (Å²) in [6.45, 7) is 2.33. The van der Waals surface area contributed by atoms with Gasteiger partial charge in [-0.1, -0.05) is 41.1 Å². The lowest BCUT2D eigenvalue weighted by atomic mass is 9.96. The molecule has 2 aromatic carbocycles. The third-order valence-corrected chi connectivity index (χ3v) is 6.72. The normalized spacial score (nSPS) is 15.4. The molecule has 0 saturated heterocycles. The van der Waals surface area contributed by atoms with Gasteiger partial charge in [0.25, 0.3) is 5.91 Å². The van der Waals surface area contributed by atoms with Crippen molar-refractivity contribution >= 4 is 44.6 Å². The molecule has 0 saturated carbocycles. The molecule has 1 N–H and O–H groups in total. The van der Waals surface area contributed by atoms with Crippen LogP contribution in [0.3, 0.4) is 0 Å². The number of halogens is 1. The number of aromatic nitrogens is 1. The highest BCUT2D eigenvalue weighted by atomic mass is 79.9. The maximum atomic E-state index is 13.7. The lowest BCUT2D eigenvalue weighted by Crippen LogP contribution is -2.30. The summed E-state index contributed by atoms with van der Waals surface area (Å²) >= 11 is 3.41. The lowest BCUT2D eigenvalue weighted by molar-refractivity contribution is -0.130. The smallest absolute Gasteiger partial charge is 0.338 e. The average molecular weight is 575 g/mol. The average Bonchev–Trinajstić information content (AvgIpc) is 3.46. The van der Waals surface area contributed by atoms with Gasteiger partial charge in [-0.3, -0.25) is 14.6 Å². The van der Waals surface area contributed by atoms with Crippen LogP contribution in [-0.2, 0) is 16.1 Å². The van der Waals surface area contributed by atoms with Gasteiger partial charge in [-0.15, -0.1) is 0 Å². The minimum Gasteiger partial charge on any atom is -0.503 e. The molecule has 1 unspecified atom stereocenters. The van der Waals surface area contributed by atoms with E-state index in [0.717, 1.165) is 10.9 Å². The van der Waals surface area contributed by atoms with Gasteiger partial charge in [0.15, 0.2) is 11.5 Å². The van der Waals surface area contributed by atoms with Crippen molar-refractivity contribution in [2.75, 3.05) is 6.61 Å². The molecule has 1 aliphatic heterocycles. The highest BCUT2D eigenvalue weighted by Gasteiger charge is 2.44. The molecule has 1 aliphatic rings. The Morgan fingerprint density at radius 3 is 2.63 bits per heavy atom. The lowest BCUT2D eigenvalue weighted by Gasteiger charge is -2.26. The minimum atomic E-state index is -0.891. The van der Waals surface area contributed by atoms with E-state index in [9.17, 15) is 19.5 Å². The van der Waals surface area contributed by atoms with E-state index >= 15 is 0 Å². The molecule has 192 valence electrons. The fourth-order valence-electron chi connectivity index (χ4n) is 4.41. The maximum absolute atomic E-state index is 13.7. The van der Waals surface area contributed by atoms with Crippen LogP contribution in [0.25, 0.3) is 11.0 Å². The van der Waals surface area contributed by atoms with Crippen molar-refractivity contribution in [1.29, 1.82) is 0 Å². The summed E-state index contributed by atoms with van der Waals surface area (Å²) in [7, 11) is 0. The SMILES string of the molecule is CCCOC(=O)c1ccc(CN2C(=O)C(O)=C(C(=O)c3cc4cc(Br)ccc4o3)C2c2cccnc2)cc1. The highest BCUT2D eigenvalue weighted by Crippen LogP contribution is 2.40. The summed E-state index contributed by atoms with van der Waals surface area (Å²) in [5.74, 6) is -2.32. The van der Waals surface area contributed by atoms with E-state index in [1.54, 1.807) is 67.0 Å². The summed E-state index contributed by atoms with van der Waals surface area (Å²) in [5, 5.41) is 11.6. The van der Waals surface area contributed by atoms with Crippen molar-refractivity contribution in [2.24, 2.45) is 0 Å². The van der Waals surface area contributed by atoms with E-state index in [1.807, 2.05) is 13.0 Å². The van der Waals surface area contributed by atoms with Crippen molar-refractivity contribution in [3.63, 3.8) is 0 Å². The second kappa shape index (κ2) is 10.6. The van der Waals surface area contributed by atoms with Gasteiger partial charge in [0.1, 0.15) is 5.58 Å². The Labute approximate surface area is 226 Å². The van der Waals surface area contributed by atoms with Crippen molar-refractivity contribution < 1.29 is 28.6 Å². The number of hydrogen-bond acceptors (Lipinski definition) is 7. The first-order chi connectivity index (χ1) is 18.4. The zero-order valence-corrected chi connectivity index (χ0v) is 22.0. The topological polar surface area (TPSA) is 110 Å². The molecule has 0 bridgehead atoms. The van der Waals surface area contributed by atoms with Crippen LogP contribution in [0.2, 0.25) is 0 Å². The van der Waals surface area contributed by atoms with E-state index < -0.39 is 29.5 Å². The molecule has 4 aromatic rings. The summed E-state index contributed by atoms with van der Waals surface area (Å²) in [5.41, 5.74) is 2.09. The molecule has 0 fully saturated rings. The number of ether oxygens (including phenoxy) is 1. The van der Waals surface area contributed by atoms with Crippen LogP contribution < -0.4 is 0 Å².